The second kappa shape index (κ2) is 8.00. The van der Waals surface area contributed by atoms with Gasteiger partial charge >= 0.3 is 0 Å². The molecule has 0 unspecified atom stereocenters. The summed E-state index contributed by atoms with van der Waals surface area (Å²) in [6.45, 7) is 4.86. The Bertz CT molecular complexity index is 960. The molecular formula is C22H24FN3O2. The highest BCUT2D eigenvalue weighted by Crippen LogP contribution is 2.21. The molecule has 0 atom stereocenters. The van der Waals surface area contributed by atoms with Crippen LogP contribution in [0.1, 0.15) is 36.0 Å². The molecule has 0 bridgehead atoms. The quantitative estimate of drug-likeness (QED) is 0.662. The van der Waals surface area contributed by atoms with Crippen molar-refractivity contribution in [3.05, 3.63) is 59.7 Å². The Hall–Kier alpha value is -2.89. The Balaban J connectivity index is 1.42. The van der Waals surface area contributed by atoms with Gasteiger partial charge in [-0.3, -0.25) is 4.79 Å². The number of carbonyl (C=O) groups is 1. The smallest absolute Gasteiger partial charge is 0.254 e. The zero-order chi connectivity index (χ0) is 19.5. The summed E-state index contributed by atoms with van der Waals surface area (Å²) < 4.78 is 18.9. The monoisotopic (exact) mass is 381 g/mol. The number of aryl methyl sites for hydroxylation is 1. The van der Waals surface area contributed by atoms with E-state index in [1.54, 1.807) is 12.1 Å². The maximum Gasteiger partial charge on any atom is 0.254 e. The lowest BCUT2D eigenvalue weighted by molar-refractivity contribution is 0.0747. The molecule has 0 N–H and O–H groups in total. The number of fused-ring (bicyclic) bond motifs is 1. The first-order valence-corrected chi connectivity index (χ1v) is 9.83. The largest absolute Gasteiger partial charge is 0.441 e. The van der Waals surface area contributed by atoms with Crippen LogP contribution in [-0.2, 0) is 6.42 Å². The summed E-state index contributed by atoms with van der Waals surface area (Å²) in [5, 5.41) is 0. The first kappa shape index (κ1) is 18.5. The second-order valence-corrected chi connectivity index (χ2v) is 7.15. The molecule has 1 aromatic heterocycles. The minimum Gasteiger partial charge on any atom is -0.441 e. The van der Waals surface area contributed by atoms with Crippen molar-refractivity contribution < 1.29 is 13.6 Å². The number of amides is 1. The van der Waals surface area contributed by atoms with E-state index in [-0.39, 0.29) is 11.7 Å². The average molecular weight is 381 g/mol. The summed E-state index contributed by atoms with van der Waals surface area (Å²) in [5.74, 6) is 0.506. The van der Waals surface area contributed by atoms with Crippen LogP contribution in [0.25, 0.3) is 11.1 Å². The van der Waals surface area contributed by atoms with Gasteiger partial charge in [-0.15, -0.1) is 0 Å². The Labute approximate surface area is 163 Å². The van der Waals surface area contributed by atoms with Gasteiger partial charge in [-0.25, -0.2) is 9.37 Å². The van der Waals surface area contributed by atoms with Crippen molar-refractivity contribution in [3.8, 4) is 0 Å². The van der Waals surface area contributed by atoms with E-state index < -0.39 is 0 Å². The predicted molar refractivity (Wildman–Crippen MR) is 107 cm³/mol. The third-order valence-corrected chi connectivity index (χ3v) is 5.18. The van der Waals surface area contributed by atoms with E-state index in [0.29, 0.717) is 18.7 Å². The van der Waals surface area contributed by atoms with Crippen molar-refractivity contribution in [1.29, 1.82) is 0 Å². The molecule has 0 saturated carbocycles. The number of carbonyl (C=O) groups excluding carboxylic acids is 1. The molecular weight excluding hydrogens is 357 g/mol. The molecule has 0 radical (unpaired) electrons. The van der Waals surface area contributed by atoms with Gasteiger partial charge in [0.05, 0.1) is 0 Å². The van der Waals surface area contributed by atoms with Gasteiger partial charge in [0.1, 0.15) is 11.3 Å². The van der Waals surface area contributed by atoms with Crippen LogP contribution in [-0.4, -0.2) is 42.0 Å². The van der Waals surface area contributed by atoms with Crippen LogP contribution in [0.5, 0.6) is 0 Å². The molecule has 1 saturated heterocycles. The zero-order valence-electron chi connectivity index (χ0n) is 16.0. The van der Waals surface area contributed by atoms with Crippen LogP contribution in [0.15, 0.2) is 46.9 Å². The Morgan fingerprint density at radius 1 is 1.11 bits per heavy atom. The summed E-state index contributed by atoms with van der Waals surface area (Å²) in [7, 11) is 0. The van der Waals surface area contributed by atoms with Crippen molar-refractivity contribution in [2.24, 2.45) is 0 Å². The molecule has 6 heteroatoms. The molecule has 2 aromatic carbocycles. The number of benzene rings is 2. The van der Waals surface area contributed by atoms with Crippen LogP contribution >= 0.6 is 0 Å². The molecule has 1 aliphatic heterocycles. The van der Waals surface area contributed by atoms with E-state index in [2.05, 4.69) is 16.8 Å². The van der Waals surface area contributed by atoms with Gasteiger partial charge in [0, 0.05) is 43.9 Å². The van der Waals surface area contributed by atoms with E-state index in [1.165, 1.54) is 12.1 Å². The Kier molecular flexibility index (Phi) is 5.28. The molecule has 1 fully saturated rings. The van der Waals surface area contributed by atoms with Crippen molar-refractivity contribution in [3.63, 3.8) is 0 Å². The number of rotatable bonds is 5. The molecule has 2 heterocycles. The summed E-state index contributed by atoms with van der Waals surface area (Å²) in [6.07, 6.45) is 2.95. The highest BCUT2D eigenvalue weighted by atomic mass is 19.1. The molecule has 1 amide bonds. The zero-order valence-corrected chi connectivity index (χ0v) is 16.0. The summed E-state index contributed by atoms with van der Waals surface area (Å²) in [5.41, 5.74) is 3.08. The molecule has 3 aromatic rings. The number of anilines is 1. The van der Waals surface area contributed by atoms with Crippen LogP contribution in [0.3, 0.4) is 0 Å². The summed E-state index contributed by atoms with van der Waals surface area (Å²) in [6, 6.07) is 12.0. The fraction of sp³-hybridized carbons (Fsp3) is 0.364. The normalized spacial score (nSPS) is 14.6. The van der Waals surface area contributed by atoms with E-state index in [0.717, 1.165) is 55.0 Å². The number of aromatic nitrogens is 1. The fourth-order valence-electron chi connectivity index (χ4n) is 3.55. The number of halogens is 1. The van der Waals surface area contributed by atoms with E-state index in [9.17, 15) is 9.18 Å². The lowest BCUT2D eigenvalue weighted by atomic mass is 10.1. The molecule has 5 nitrogen and oxygen atoms in total. The number of hydrogen-bond acceptors (Lipinski definition) is 4. The van der Waals surface area contributed by atoms with Gasteiger partial charge in [0.15, 0.2) is 11.5 Å². The van der Waals surface area contributed by atoms with Crippen LogP contribution in [0.4, 0.5) is 10.1 Å². The van der Waals surface area contributed by atoms with Gasteiger partial charge in [-0.05, 0) is 48.9 Å². The third kappa shape index (κ3) is 3.86. The lowest BCUT2D eigenvalue weighted by Gasteiger charge is -2.36. The van der Waals surface area contributed by atoms with Crippen LogP contribution < -0.4 is 4.90 Å². The molecule has 0 aliphatic carbocycles. The lowest BCUT2D eigenvalue weighted by Crippen LogP contribution is -2.48. The number of unbranched alkanes of at least 4 members (excludes halogenated alkanes) is 1. The van der Waals surface area contributed by atoms with Gasteiger partial charge < -0.3 is 14.2 Å². The van der Waals surface area contributed by atoms with E-state index in [4.69, 9.17) is 4.42 Å². The highest BCUT2D eigenvalue weighted by Gasteiger charge is 2.23. The number of oxazole rings is 1. The fourth-order valence-corrected chi connectivity index (χ4v) is 3.55. The van der Waals surface area contributed by atoms with E-state index in [1.807, 2.05) is 23.1 Å². The van der Waals surface area contributed by atoms with Gasteiger partial charge in [0.2, 0.25) is 0 Å². The maximum atomic E-state index is 13.1. The SMILES string of the molecule is CCCCc1nc2cc(C(=O)N3CCN(c4ccc(F)cc4)CC3)ccc2o1. The minimum absolute atomic E-state index is 0.0127. The number of nitrogens with zero attached hydrogens (tertiary/aromatic N) is 3. The van der Waals surface area contributed by atoms with Gasteiger partial charge in [-0.2, -0.15) is 0 Å². The maximum absolute atomic E-state index is 13.1. The first-order valence-electron chi connectivity index (χ1n) is 9.83. The van der Waals surface area contributed by atoms with Crippen molar-refractivity contribution in [2.45, 2.75) is 26.2 Å². The molecule has 0 spiro atoms. The summed E-state index contributed by atoms with van der Waals surface area (Å²) in [4.78, 5) is 21.5. The van der Waals surface area contributed by atoms with Gasteiger partial charge in [0.25, 0.3) is 5.91 Å². The Morgan fingerprint density at radius 3 is 2.57 bits per heavy atom. The van der Waals surface area contributed by atoms with Crippen molar-refractivity contribution >= 4 is 22.7 Å². The molecule has 28 heavy (non-hydrogen) atoms. The molecule has 4 rings (SSSR count). The predicted octanol–water partition coefficient (Wildman–Crippen LogP) is 4.27. The van der Waals surface area contributed by atoms with Crippen LogP contribution in [0, 0.1) is 5.82 Å². The first-order chi connectivity index (χ1) is 13.6. The Morgan fingerprint density at radius 2 is 1.86 bits per heavy atom. The van der Waals surface area contributed by atoms with E-state index >= 15 is 0 Å². The standard InChI is InChI=1S/C22H24FN3O2/c1-2-3-4-21-24-19-15-16(5-10-20(19)28-21)22(27)26-13-11-25(12-14-26)18-8-6-17(23)7-9-18/h5-10,15H,2-4,11-14H2,1H3. The topological polar surface area (TPSA) is 49.6 Å². The number of hydrogen-bond donors (Lipinski definition) is 0. The second-order valence-electron chi connectivity index (χ2n) is 7.15. The number of piperazine rings is 1. The third-order valence-electron chi connectivity index (χ3n) is 5.18. The summed E-state index contributed by atoms with van der Waals surface area (Å²) >= 11 is 0. The van der Waals surface area contributed by atoms with Crippen LogP contribution in [0.2, 0.25) is 0 Å². The molecule has 146 valence electrons. The minimum atomic E-state index is -0.237. The molecule has 1 aliphatic rings. The van der Waals surface area contributed by atoms with Crippen molar-refractivity contribution in [1.82, 2.24) is 9.88 Å². The van der Waals surface area contributed by atoms with Crippen molar-refractivity contribution in [2.75, 3.05) is 31.1 Å². The van der Waals surface area contributed by atoms with Gasteiger partial charge in [-0.1, -0.05) is 13.3 Å². The highest BCUT2D eigenvalue weighted by molar-refractivity contribution is 5.97. The average Bonchev–Trinajstić information content (AvgIpc) is 3.14.